The first kappa shape index (κ1) is 20.7. The van der Waals surface area contributed by atoms with Gasteiger partial charge in [-0.1, -0.05) is 60.7 Å². The van der Waals surface area contributed by atoms with Gasteiger partial charge in [0, 0.05) is 22.0 Å². The van der Waals surface area contributed by atoms with Crippen molar-refractivity contribution < 1.29 is 4.42 Å². The Morgan fingerprint density at radius 3 is 2.14 bits per heavy atom. The molecule has 0 saturated heterocycles. The fourth-order valence-electron chi connectivity index (χ4n) is 5.31. The maximum atomic E-state index is 6.12. The fraction of sp³-hybridized carbons (Fsp3) is 0.0606. The van der Waals surface area contributed by atoms with E-state index in [0.717, 1.165) is 22.2 Å². The smallest absolute Gasteiger partial charge is 0.227 e. The Morgan fingerprint density at radius 2 is 1.31 bits per heavy atom. The Morgan fingerprint density at radius 1 is 0.611 bits per heavy atom. The monoisotopic (exact) mass is 464 g/mol. The molecule has 172 valence electrons. The summed E-state index contributed by atoms with van der Waals surface area (Å²) in [6.07, 6.45) is 0. The quantitative estimate of drug-likeness (QED) is 0.261. The van der Waals surface area contributed by atoms with Crippen LogP contribution in [0.5, 0.6) is 0 Å². The van der Waals surface area contributed by atoms with E-state index in [0.29, 0.717) is 5.89 Å². The van der Waals surface area contributed by atoms with E-state index in [4.69, 9.17) is 9.40 Å². The first-order valence-electron chi connectivity index (χ1n) is 12.2. The number of hydrogen-bond donors (Lipinski definition) is 0. The molecule has 0 spiro atoms. The van der Waals surface area contributed by atoms with Crippen LogP contribution < -0.4 is 0 Å². The van der Waals surface area contributed by atoms with Crippen molar-refractivity contribution in [3.8, 4) is 28.3 Å². The van der Waals surface area contributed by atoms with Crippen molar-refractivity contribution in [2.75, 3.05) is 0 Å². The van der Waals surface area contributed by atoms with Gasteiger partial charge in [-0.25, -0.2) is 4.98 Å². The zero-order chi connectivity index (χ0) is 24.2. The van der Waals surface area contributed by atoms with Crippen molar-refractivity contribution in [3.05, 3.63) is 120 Å². The molecule has 7 aromatic rings. The first-order valence-corrected chi connectivity index (χ1v) is 12.2. The van der Waals surface area contributed by atoms with Gasteiger partial charge in [0.05, 0.1) is 11.0 Å². The number of aryl methyl sites for hydroxylation is 2. The molecule has 2 aromatic heterocycles. The van der Waals surface area contributed by atoms with Gasteiger partial charge in [0.15, 0.2) is 5.58 Å². The van der Waals surface area contributed by atoms with E-state index in [1.54, 1.807) is 0 Å². The Balaban J connectivity index is 1.32. The molecule has 0 saturated carbocycles. The number of fused-ring (bicyclic) bond motifs is 4. The second-order valence-electron chi connectivity index (χ2n) is 9.45. The van der Waals surface area contributed by atoms with Gasteiger partial charge in [-0.2, -0.15) is 0 Å². The maximum absolute atomic E-state index is 6.12. The highest BCUT2D eigenvalue weighted by Gasteiger charge is 2.14. The van der Waals surface area contributed by atoms with Gasteiger partial charge in [-0.15, -0.1) is 0 Å². The second kappa shape index (κ2) is 7.96. The van der Waals surface area contributed by atoms with Crippen LogP contribution in [-0.2, 0) is 0 Å². The zero-order valence-corrected chi connectivity index (χ0v) is 20.2. The van der Waals surface area contributed by atoms with Crippen molar-refractivity contribution in [2.24, 2.45) is 0 Å². The van der Waals surface area contributed by atoms with Gasteiger partial charge < -0.3 is 8.98 Å². The van der Waals surface area contributed by atoms with Crippen molar-refractivity contribution in [3.63, 3.8) is 0 Å². The van der Waals surface area contributed by atoms with E-state index >= 15 is 0 Å². The molecule has 5 aromatic carbocycles. The van der Waals surface area contributed by atoms with Gasteiger partial charge in [0.1, 0.15) is 5.52 Å². The SMILES string of the molecule is Cc1cc(C)c2oc(-c3ccc(-c4ccc5c(c4)c4ccccc4n5-c4ccccc4)cc3)nc2c1. The molecular weight excluding hydrogens is 440 g/mol. The normalized spacial score (nSPS) is 11.6. The summed E-state index contributed by atoms with van der Waals surface area (Å²) >= 11 is 0. The van der Waals surface area contributed by atoms with Crippen LogP contribution in [0.1, 0.15) is 11.1 Å². The van der Waals surface area contributed by atoms with Crippen LogP contribution in [0.25, 0.3) is 61.2 Å². The number of aromatic nitrogens is 2. The third kappa shape index (κ3) is 3.24. The summed E-state index contributed by atoms with van der Waals surface area (Å²) in [6, 6.07) is 38.6. The lowest BCUT2D eigenvalue weighted by Crippen LogP contribution is -1.92. The molecule has 0 N–H and O–H groups in total. The molecule has 0 bridgehead atoms. The van der Waals surface area contributed by atoms with Crippen LogP contribution in [-0.4, -0.2) is 9.55 Å². The number of oxazole rings is 1. The summed E-state index contributed by atoms with van der Waals surface area (Å²) in [6.45, 7) is 4.15. The minimum Gasteiger partial charge on any atom is -0.436 e. The van der Waals surface area contributed by atoms with Gasteiger partial charge in [-0.05, 0) is 84.6 Å². The third-order valence-electron chi connectivity index (χ3n) is 6.97. The molecule has 0 atom stereocenters. The molecule has 2 heterocycles. The molecule has 0 radical (unpaired) electrons. The molecule has 3 heteroatoms. The van der Waals surface area contributed by atoms with Gasteiger partial charge in [0.25, 0.3) is 0 Å². The van der Waals surface area contributed by atoms with Crippen LogP contribution in [0.2, 0.25) is 0 Å². The highest BCUT2D eigenvalue weighted by molar-refractivity contribution is 6.10. The topological polar surface area (TPSA) is 31.0 Å². The highest BCUT2D eigenvalue weighted by Crippen LogP contribution is 2.35. The average Bonchev–Trinajstić information content (AvgIpc) is 3.49. The van der Waals surface area contributed by atoms with E-state index in [2.05, 4.69) is 128 Å². The molecule has 0 aliphatic rings. The third-order valence-corrected chi connectivity index (χ3v) is 6.97. The van der Waals surface area contributed by atoms with Gasteiger partial charge in [0.2, 0.25) is 5.89 Å². The summed E-state index contributed by atoms with van der Waals surface area (Å²) in [7, 11) is 0. The van der Waals surface area contributed by atoms with E-state index < -0.39 is 0 Å². The Hall–Kier alpha value is -4.63. The Labute approximate surface area is 209 Å². The number of rotatable bonds is 3. The molecule has 0 aliphatic carbocycles. The summed E-state index contributed by atoms with van der Waals surface area (Å²) in [4.78, 5) is 4.74. The first-order chi connectivity index (χ1) is 17.7. The van der Waals surface area contributed by atoms with Crippen LogP contribution in [0.3, 0.4) is 0 Å². The van der Waals surface area contributed by atoms with E-state index in [9.17, 15) is 0 Å². The summed E-state index contributed by atoms with van der Waals surface area (Å²) in [5, 5.41) is 2.51. The minimum atomic E-state index is 0.659. The maximum Gasteiger partial charge on any atom is 0.227 e. The van der Waals surface area contributed by atoms with Gasteiger partial charge in [-0.3, -0.25) is 0 Å². The molecule has 0 unspecified atom stereocenters. The summed E-state index contributed by atoms with van der Waals surface area (Å²) in [5.74, 6) is 0.659. The molecular formula is C33H24N2O. The number of benzene rings is 5. The fourth-order valence-corrected chi connectivity index (χ4v) is 5.31. The average molecular weight is 465 g/mol. The van der Waals surface area contributed by atoms with Crippen molar-refractivity contribution >= 4 is 32.9 Å². The van der Waals surface area contributed by atoms with E-state index in [1.165, 1.54) is 44.2 Å². The van der Waals surface area contributed by atoms with Crippen molar-refractivity contribution in [2.45, 2.75) is 13.8 Å². The van der Waals surface area contributed by atoms with Crippen LogP contribution in [0, 0.1) is 13.8 Å². The van der Waals surface area contributed by atoms with Crippen LogP contribution in [0.15, 0.2) is 114 Å². The Kier molecular flexibility index (Phi) is 4.58. The predicted molar refractivity (Wildman–Crippen MR) is 149 cm³/mol. The zero-order valence-electron chi connectivity index (χ0n) is 20.2. The molecule has 36 heavy (non-hydrogen) atoms. The summed E-state index contributed by atoms with van der Waals surface area (Å²) in [5.41, 5.74) is 11.0. The predicted octanol–water partition coefficient (Wildman–Crippen LogP) is 8.88. The number of nitrogens with zero attached hydrogens (tertiary/aromatic N) is 2. The lowest BCUT2D eigenvalue weighted by molar-refractivity contribution is 0.617. The summed E-state index contributed by atoms with van der Waals surface area (Å²) < 4.78 is 8.46. The lowest BCUT2D eigenvalue weighted by Gasteiger charge is -2.08. The minimum absolute atomic E-state index is 0.659. The molecule has 3 nitrogen and oxygen atoms in total. The second-order valence-corrected chi connectivity index (χ2v) is 9.45. The van der Waals surface area contributed by atoms with Gasteiger partial charge >= 0.3 is 0 Å². The molecule has 0 aliphatic heterocycles. The van der Waals surface area contributed by atoms with Crippen molar-refractivity contribution in [1.82, 2.24) is 9.55 Å². The highest BCUT2D eigenvalue weighted by atomic mass is 16.3. The standard InChI is InChI=1S/C33H24N2O/c1-21-18-22(2)32-29(19-21)34-33(36-32)24-14-12-23(13-15-24)25-16-17-31-28(20-25)27-10-6-7-11-30(27)35(31)26-8-4-3-5-9-26/h3-20H,1-2H3. The van der Waals surface area contributed by atoms with E-state index in [1.807, 2.05) is 0 Å². The van der Waals surface area contributed by atoms with Crippen LogP contribution >= 0.6 is 0 Å². The molecule has 0 amide bonds. The molecule has 7 rings (SSSR count). The number of para-hydroxylation sites is 2. The molecule has 0 fully saturated rings. The van der Waals surface area contributed by atoms with E-state index in [-0.39, 0.29) is 0 Å². The van der Waals surface area contributed by atoms with Crippen LogP contribution in [0.4, 0.5) is 0 Å². The van der Waals surface area contributed by atoms with Crippen molar-refractivity contribution in [1.29, 1.82) is 0 Å². The number of hydrogen-bond acceptors (Lipinski definition) is 2. The lowest BCUT2D eigenvalue weighted by atomic mass is 10.0. The largest absolute Gasteiger partial charge is 0.436 e. The Bertz CT molecular complexity index is 1890.